The molecule has 1 aliphatic heterocycles. The van der Waals surface area contributed by atoms with Crippen LogP contribution < -0.4 is 10.1 Å². The number of hydrogen-bond acceptors (Lipinski definition) is 4. The lowest BCUT2D eigenvalue weighted by Crippen LogP contribution is -2.39. The van der Waals surface area contributed by atoms with Crippen molar-refractivity contribution in [1.29, 1.82) is 0 Å². The van der Waals surface area contributed by atoms with Gasteiger partial charge in [-0.15, -0.1) is 4.40 Å². The van der Waals surface area contributed by atoms with Gasteiger partial charge in [0.05, 0.1) is 23.6 Å². The van der Waals surface area contributed by atoms with Crippen molar-refractivity contribution in [3.63, 3.8) is 0 Å². The standard InChI is InChI=1S/C15H21ClN4O3S/c1-5-17-14(20-10-15(2,3)9-18-20)19-24(21,22)11-6-7-13(23-4)12(16)8-11/h6-9H,5,10H2,1-4H3,(H,17,19). The number of hydrazone groups is 1. The minimum atomic E-state index is -3.93. The van der Waals surface area contributed by atoms with Gasteiger partial charge in [-0.2, -0.15) is 13.5 Å². The van der Waals surface area contributed by atoms with E-state index in [0.717, 1.165) is 0 Å². The highest BCUT2D eigenvalue weighted by molar-refractivity contribution is 7.90. The van der Waals surface area contributed by atoms with Gasteiger partial charge in [0.25, 0.3) is 10.0 Å². The Morgan fingerprint density at radius 3 is 2.71 bits per heavy atom. The van der Waals surface area contributed by atoms with E-state index < -0.39 is 10.0 Å². The fraction of sp³-hybridized carbons (Fsp3) is 0.467. The lowest BCUT2D eigenvalue weighted by atomic mass is 9.97. The summed E-state index contributed by atoms with van der Waals surface area (Å²) < 4.78 is 34.1. The van der Waals surface area contributed by atoms with Crippen LogP contribution in [0.2, 0.25) is 5.02 Å². The van der Waals surface area contributed by atoms with Crippen molar-refractivity contribution in [3.05, 3.63) is 23.2 Å². The summed E-state index contributed by atoms with van der Waals surface area (Å²) in [6.45, 7) is 6.94. The molecule has 0 unspecified atom stereocenters. The van der Waals surface area contributed by atoms with E-state index in [-0.39, 0.29) is 21.3 Å². The number of sulfonamides is 1. The average Bonchev–Trinajstić information content (AvgIpc) is 2.86. The third-order valence-corrected chi connectivity index (χ3v) is 4.87. The Bertz CT molecular complexity index is 775. The molecule has 0 atom stereocenters. The summed E-state index contributed by atoms with van der Waals surface area (Å²) in [4.78, 5) is -0.00820. The lowest BCUT2D eigenvalue weighted by molar-refractivity contribution is 0.376. The van der Waals surface area contributed by atoms with Gasteiger partial charge in [-0.1, -0.05) is 25.4 Å². The van der Waals surface area contributed by atoms with Gasteiger partial charge in [0.15, 0.2) is 0 Å². The average molecular weight is 373 g/mol. The van der Waals surface area contributed by atoms with E-state index in [1.807, 2.05) is 20.8 Å². The molecule has 0 aromatic heterocycles. The van der Waals surface area contributed by atoms with E-state index in [0.29, 0.717) is 18.8 Å². The molecule has 1 aromatic carbocycles. The molecule has 0 bridgehead atoms. The van der Waals surface area contributed by atoms with Gasteiger partial charge in [-0.05, 0) is 25.1 Å². The van der Waals surface area contributed by atoms with Crippen LogP contribution in [0, 0.1) is 5.41 Å². The van der Waals surface area contributed by atoms with Crippen molar-refractivity contribution >= 4 is 33.8 Å². The Labute approximate surface area is 147 Å². The zero-order valence-corrected chi connectivity index (χ0v) is 15.6. The maximum Gasteiger partial charge on any atom is 0.285 e. The fourth-order valence-electron chi connectivity index (χ4n) is 2.13. The predicted molar refractivity (Wildman–Crippen MR) is 95.3 cm³/mol. The molecule has 24 heavy (non-hydrogen) atoms. The molecule has 1 N–H and O–H groups in total. The first-order valence-corrected chi connectivity index (χ1v) is 9.25. The topological polar surface area (TPSA) is 83.4 Å². The smallest absolute Gasteiger partial charge is 0.285 e. The molecule has 0 saturated heterocycles. The van der Waals surface area contributed by atoms with Crippen LogP contribution in [0.4, 0.5) is 0 Å². The Balaban J connectivity index is 2.37. The van der Waals surface area contributed by atoms with E-state index in [1.54, 1.807) is 11.2 Å². The first kappa shape index (κ1) is 18.5. The molecule has 0 fully saturated rings. The molecule has 1 aromatic rings. The summed E-state index contributed by atoms with van der Waals surface area (Å²) in [6.07, 6.45) is 1.77. The number of methoxy groups -OCH3 is 1. The quantitative estimate of drug-likeness (QED) is 0.647. The molecule has 132 valence electrons. The highest BCUT2D eigenvalue weighted by Crippen LogP contribution is 2.28. The molecule has 7 nitrogen and oxygen atoms in total. The number of rotatable bonds is 4. The van der Waals surface area contributed by atoms with E-state index >= 15 is 0 Å². The molecule has 9 heteroatoms. The van der Waals surface area contributed by atoms with Crippen molar-refractivity contribution in [1.82, 2.24) is 10.3 Å². The Hall–Kier alpha value is -1.80. The lowest BCUT2D eigenvalue weighted by Gasteiger charge is -2.21. The number of guanidine groups is 1. The monoisotopic (exact) mass is 372 g/mol. The van der Waals surface area contributed by atoms with Crippen LogP contribution in [0.1, 0.15) is 20.8 Å². The van der Waals surface area contributed by atoms with Gasteiger partial charge < -0.3 is 10.1 Å². The maximum absolute atomic E-state index is 12.6. The minimum absolute atomic E-state index is 0.00820. The Morgan fingerprint density at radius 2 is 2.21 bits per heavy atom. The second kappa shape index (κ2) is 6.98. The zero-order valence-electron chi connectivity index (χ0n) is 14.1. The van der Waals surface area contributed by atoms with E-state index in [4.69, 9.17) is 16.3 Å². The second-order valence-electron chi connectivity index (χ2n) is 6.01. The molecule has 0 spiro atoms. The summed E-state index contributed by atoms with van der Waals surface area (Å²) in [5.74, 6) is 0.587. The summed E-state index contributed by atoms with van der Waals surface area (Å²) >= 11 is 6.01. The van der Waals surface area contributed by atoms with Crippen molar-refractivity contribution in [2.24, 2.45) is 14.9 Å². The Morgan fingerprint density at radius 1 is 1.50 bits per heavy atom. The summed E-state index contributed by atoms with van der Waals surface area (Å²) in [5.41, 5.74) is -0.149. The minimum Gasteiger partial charge on any atom is -0.495 e. The normalized spacial score (nSPS) is 17.2. The van der Waals surface area contributed by atoms with Gasteiger partial charge in [0.1, 0.15) is 5.75 Å². The second-order valence-corrected chi connectivity index (χ2v) is 8.02. The zero-order chi connectivity index (χ0) is 18.0. The van der Waals surface area contributed by atoms with Crippen molar-refractivity contribution in [2.45, 2.75) is 25.7 Å². The largest absolute Gasteiger partial charge is 0.495 e. The van der Waals surface area contributed by atoms with Crippen LogP contribution in [0.5, 0.6) is 5.75 Å². The molecule has 2 rings (SSSR count). The van der Waals surface area contributed by atoms with Gasteiger partial charge in [0, 0.05) is 18.2 Å². The van der Waals surface area contributed by atoms with Crippen molar-refractivity contribution in [3.8, 4) is 5.75 Å². The number of benzene rings is 1. The van der Waals surface area contributed by atoms with E-state index in [2.05, 4.69) is 14.8 Å². The third-order valence-electron chi connectivity index (χ3n) is 3.31. The maximum atomic E-state index is 12.6. The fourth-order valence-corrected chi connectivity index (χ4v) is 3.45. The molecule has 0 amide bonds. The van der Waals surface area contributed by atoms with Crippen molar-refractivity contribution in [2.75, 3.05) is 20.2 Å². The van der Waals surface area contributed by atoms with Gasteiger partial charge in [-0.25, -0.2) is 5.01 Å². The summed E-state index contributed by atoms with van der Waals surface area (Å²) in [5, 5.41) is 8.94. The predicted octanol–water partition coefficient (Wildman–Crippen LogP) is 2.33. The Kier molecular flexibility index (Phi) is 5.39. The molecule has 1 aliphatic rings. The van der Waals surface area contributed by atoms with Crippen LogP contribution >= 0.6 is 11.6 Å². The number of hydrogen-bond donors (Lipinski definition) is 1. The van der Waals surface area contributed by atoms with Crippen molar-refractivity contribution < 1.29 is 13.2 Å². The molecule has 0 aliphatic carbocycles. The molecule has 0 saturated carbocycles. The highest BCUT2D eigenvalue weighted by atomic mass is 35.5. The first-order valence-electron chi connectivity index (χ1n) is 7.43. The highest BCUT2D eigenvalue weighted by Gasteiger charge is 2.29. The SMILES string of the molecule is CCN/C(=N/S(=O)(=O)c1ccc(OC)c(Cl)c1)N1CC(C)(C)C=N1. The summed E-state index contributed by atoms with van der Waals surface area (Å²) in [6, 6.07) is 4.22. The van der Waals surface area contributed by atoms with Gasteiger partial charge in [-0.3, -0.25) is 0 Å². The molecule has 1 heterocycles. The molecule has 0 radical (unpaired) electrons. The van der Waals surface area contributed by atoms with E-state index in [9.17, 15) is 8.42 Å². The molecular weight excluding hydrogens is 352 g/mol. The first-order chi connectivity index (χ1) is 11.2. The van der Waals surface area contributed by atoms with Crippen LogP contribution in [-0.2, 0) is 10.0 Å². The number of ether oxygens (including phenoxy) is 1. The van der Waals surface area contributed by atoms with Crippen LogP contribution in [-0.4, -0.2) is 45.8 Å². The number of nitrogens with zero attached hydrogens (tertiary/aromatic N) is 3. The number of halogens is 1. The van der Waals surface area contributed by atoms with E-state index in [1.165, 1.54) is 25.3 Å². The van der Waals surface area contributed by atoms with Gasteiger partial charge in [0.2, 0.25) is 5.96 Å². The van der Waals surface area contributed by atoms with Crippen LogP contribution in [0.15, 0.2) is 32.6 Å². The molecular formula is C15H21ClN4O3S. The van der Waals surface area contributed by atoms with Crippen LogP contribution in [0.25, 0.3) is 0 Å². The third kappa shape index (κ3) is 4.18. The number of nitrogens with one attached hydrogen (secondary N) is 1. The van der Waals surface area contributed by atoms with Crippen LogP contribution in [0.3, 0.4) is 0 Å². The summed E-state index contributed by atoms with van der Waals surface area (Å²) in [7, 11) is -2.47. The van der Waals surface area contributed by atoms with Gasteiger partial charge >= 0.3 is 0 Å².